The van der Waals surface area contributed by atoms with E-state index in [0.29, 0.717) is 12.0 Å². The first kappa shape index (κ1) is 16.5. The van der Waals surface area contributed by atoms with E-state index in [1.807, 2.05) is 6.92 Å². The van der Waals surface area contributed by atoms with Gasteiger partial charge in [-0.25, -0.2) is 0 Å². The summed E-state index contributed by atoms with van der Waals surface area (Å²) < 4.78 is 0. The Labute approximate surface area is 130 Å². The Morgan fingerprint density at radius 3 is 2.62 bits per heavy atom. The van der Waals surface area contributed by atoms with E-state index in [1.165, 1.54) is 24.8 Å². The molecule has 0 aromatic rings. The molecule has 1 N–H and O–H groups in total. The second-order valence-corrected chi connectivity index (χ2v) is 7.10. The summed E-state index contributed by atoms with van der Waals surface area (Å²) in [4.78, 5) is 14.5. The summed E-state index contributed by atoms with van der Waals surface area (Å²) in [5.74, 6) is 1.70. The fourth-order valence-electron chi connectivity index (χ4n) is 3.73. The molecule has 120 valence electrons. The lowest BCUT2D eigenvalue weighted by Crippen LogP contribution is -2.53. The van der Waals surface area contributed by atoms with Crippen molar-refractivity contribution in [3.8, 4) is 0 Å². The largest absolute Gasteiger partial charge is 0.319 e. The molecule has 1 saturated carbocycles. The summed E-state index contributed by atoms with van der Waals surface area (Å²) in [6, 6.07) is 0.538. The molecule has 0 aromatic carbocycles. The van der Waals surface area contributed by atoms with Crippen LogP contribution < -0.4 is 5.32 Å². The molecular weight excluding hydrogens is 260 g/mol. The highest BCUT2D eigenvalue weighted by atomic mass is 16.2. The van der Waals surface area contributed by atoms with Crippen LogP contribution >= 0.6 is 0 Å². The molecule has 1 heterocycles. The molecule has 1 aliphatic heterocycles. The topological polar surface area (TPSA) is 32.3 Å². The molecule has 0 spiro atoms. The van der Waals surface area contributed by atoms with Gasteiger partial charge < -0.3 is 4.90 Å². The van der Waals surface area contributed by atoms with Gasteiger partial charge in [0.15, 0.2) is 0 Å². The van der Waals surface area contributed by atoms with Crippen LogP contribution in [0.15, 0.2) is 11.1 Å². The molecule has 0 bridgehead atoms. The third-order valence-electron chi connectivity index (χ3n) is 5.73. The zero-order chi connectivity index (χ0) is 15.6. The van der Waals surface area contributed by atoms with Crippen LogP contribution in [0.25, 0.3) is 0 Å². The van der Waals surface area contributed by atoms with Crippen LogP contribution in [0.3, 0.4) is 0 Å². The maximum Gasteiger partial charge on any atom is 0.251 e. The molecule has 4 atom stereocenters. The quantitative estimate of drug-likeness (QED) is 0.838. The van der Waals surface area contributed by atoms with Gasteiger partial charge in [0, 0.05) is 18.2 Å². The second kappa shape index (κ2) is 6.95. The molecule has 0 saturated heterocycles. The highest BCUT2D eigenvalue weighted by molar-refractivity contribution is 5.96. The lowest BCUT2D eigenvalue weighted by atomic mass is 9.78. The van der Waals surface area contributed by atoms with Crippen LogP contribution in [0.5, 0.6) is 0 Å². The van der Waals surface area contributed by atoms with Crippen molar-refractivity contribution in [1.29, 1.82) is 0 Å². The van der Waals surface area contributed by atoms with Crippen LogP contribution in [0.1, 0.15) is 66.7 Å². The minimum Gasteiger partial charge on any atom is -0.319 e. The molecule has 0 radical (unpaired) electrons. The number of unbranched alkanes of at least 4 members (excludes halogenated alkanes) is 1. The van der Waals surface area contributed by atoms with Gasteiger partial charge in [0.1, 0.15) is 6.17 Å². The summed E-state index contributed by atoms with van der Waals surface area (Å²) >= 11 is 0. The first-order chi connectivity index (χ1) is 9.97. The summed E-state index contributed by atoms with van der Waals surface area (Å²) in [5.41, 5.74) is 2.17. The van der Waals surface area contributed by atoms with Crippen molar-refractivity contribution < 1.29 is 4.79 Å². The molecule has 3 heteroatoms. The Bertz CT molecular complexity index is 415. The van der Waals surface area contributed by atoms with E-state index < -0.39 is 0 Å². The van der Waals surface area contributed by atoms with Gasteiger partial charge in [0.2, 0.25) is 0 Å². The molecule has 21 heavy (non-hydrogen) atoms. The number of carbonyl (C=O) groups is 1. The minimum absolute atomic E-state index is 0.127. The SMILES string of the molecule is CCCCN1C(=O)C(C)=C(C)[C@@H]1N[C@@H]1CCC[C@H](C)[C@@H]1C. The van der Waals surface area contributed by atoms with E-state index in [1.54, 1.807) is 0 Å². The highest BCUT2D eigenvalue weighted by Crippen LogP contribution is 2.32. The van der Waals surface area contributed by atoms with E-state index in [0.717, 1.165) is 30.9 Å². The highest BCUT2D eigenvalue weighted by Gasteiger charge is 2.37. The molecule has 2 aliphatic rings. The fourth-order valence-corrected chi connectivity index (χ4v) is 3.73. The van der Waals surface area contributed by atoms with Crippen molar-refractivity contribution in [2.45, 2.75) is 78.9 Å². The van der Waals surface area contributed by atoms with Gasteiger partial charge in [-0.3, -0.25) is 10.1 Å². The number of rotatable bonds is 5. The predicted molar refractivity (Wildman–Crippen MR) is 87.9 cm³/mol. The van der Waals surface area contributed by atoms with Crippen molar-refractivity contribution in [3.05, 3.63) is 11.1 Å². The Morgan fingerprint density at radius 2 is 1.95 bits per heavy atom. The van der Waals surface area contributed by atoms with Gasteiger partial charge in [0.05, 0.1) is 0 Å². The van der Waals surface area contributed by atoms with Gasteiger partial charge in [-0.15, -0.1) is 0 Å². The third kappa shape index (κ3) is 3.33. The van der Waals surface area contributed by atoms with Crippen molar-refractivity contribution in [3.63, 3.8) is 0 Å². The molecule has 3 nitrogen and oxygen atoms in total. The van der Waals surface area contributed by atoms with Crippen molar-refractivity contribution in [2.75, 3.05) is 6.54 Å². The molecule has 1 amide bonds. The number of nitrogens with zero attached hydrogens (tertiary/aromatic N) is 1. The molecule has 1 fully saturated rings. The molecule has 0 aromatic heterocycles. The van der Waals surface area contributed by atoms with Crippen LogP contribution in [0.4, 0.5) is 0 Å². The number of carbonyl (C=O) groups excluding carboxylic acids is 1. The second-order valence-electron chi connectivity index (χ2n) is 7.10. The Hall–Kier alpha value is -0.830. The zero-order valence-corrected chi connectivity index (χ0v) is 14.4. The van der Waals surface area contributed by atoms with E-state index in [-0.39, 0.29) is 12.1 Å². The maximum atomic E-state index is 12.4. The van der Waals surface area contributed by atoms with Crippen molar-refractivity contribution >= 4 is 5.91 Å². The summed E-state index contributed by atoms with van der Waals surface area (Å²) in [5, 5.41) is 3.81. The Morgan fingerprint density at radius 1 is 1.24 bits per heavy atom. The molecule has 2 rings (SSSR count). The van der Waals surface area contributed by atoms with E-state index in [4.69, 9.17) is 0 Å². The lowest BCUT2D eigenvalue weighted by Gasteiger charge is -2.39. The lowest BCUT2D eigenvalue weighted by molar-refractivity contribution is -0.127. The standard InChI is InChI=1S/C18H32N2O/c1-6-7-11-20-17(14(4)15(5)18(20)21)19-16-10-8-9-12(2)13(16)3/h12-13,16-17,19H,6-11H2,1-5H3/t12-,13-,16+,17+/m0/s1. The maximum absolute atomic E-state index is 12.4. The number of amides is 1. The molecular formula is C18H32N2O. The summed E-state index contributed by atoms with van der Waals surface area (Å²) in [6.07, 6.45) is 6.23. The summed E-state index contributed by atoms with van der Waals surface area (Å²) in [7, 11) is 0. The monoisotopic (exact) mass is 292 g/mol. The minimum atomic E-state index is 0.127. The molecule has 1 aliphatic carbocycles. The van der Waals surface area contributed by atoms with Gasteiger partial charge in [0.25, 0.3) is 5.91 Å². The first-order valence-electron chi connectivity index (χ1n) is 8.71. The van der Waals surface area contributed by atoms with E-state index >= 15 is 0 Å². The Kier molecular flexibility index (Phi) is 5.48. The van der Waals surface area contributed by atoms with Crippen LogP contribution in [0, 0.1) is 11.8 Å². The average Bonchev–Trinajstić information content (AvgIpc) is 2.66. The van der Waals surface area contributed by atoms with Crippen molar-refractivity contribution in [2.24, 2.45) is 11.8 Å². The molecule has 0 unspecified atom stereocenters. The van der Waals surface area contributed by atoms with E-state index in [9.17, 15) is 4.79 Å². The van der Waals surface area contributed by atoms with E-state index in [2.05, 4.69) is 37.9 Å². The Balaban J connectivity index is 2.09. The predicted octanol–water partition coefficient (Wildman–Crippen LogP) is 3.71. The summed E-state index contributed by atoms with van der Waals surface area (Å²) in [6.45, 7) is 11.9. The van der Waals surface area contributed by atoms with Crippen LogP contribution in [-0.2, 0) is 4.79 Å². The average molecular weight is 292 g/mol. The third-order valence-corrected chi connectivity index (χ3v) is 5.73. The number of hydrogen-bond donors (Lipinski definition) is 1. The van der Waals surface area contributed by atoms with Gasteiger partial charge in [-0.1, -0.05) is 40.0 Å². The van der Waals surface area contributed by atoms with Crippen LogP contribution in [-0.4, -0.2) is 29.6 Å². The number of hydrogen-bond acceptors (Lipinski definition) is 2. The van der Waals surface area contributed by atoms with Gasteiger partial charge >= 0.3 is 0 Å². The zero-order valence-electron chi connectivity index (χ0n) is 14.4. The van der Waals surface area contributed by atoms with Gasteiger partial charge in [-0.05, 0) is 44.1 Å². The van der Waals surface area contributed by atoms with Crippen LogP contribution in [0.2, 0.25) is 0 Å². The normalized spacial score (nSPS) is 34.0. The number of nitrogens with one attached hydrogen (secondary N) is 1. The first-order valence-corrected chi connectivity index (χ1v) is 8.71. The fraction of sp³-hybridized carbons (Fsp3) is 0.833. The smallest absolute Gasteiger partial charge is 0.251 e. The van der Waals surface area contributed by atoms with Crippen molar-refractivity contribution in [1.82, 2.24) is 10.2 Å². The van der Waals surface area contributed by atoms with Gasteiger partial charge in [-0.2, -0.15) is 0 Å².